The molecule has 2 aromatic carbocycles. The maximum absolute atomic E-state index is 14.0. The van der Waals surface area contributed by atoms with Crippen LogP contribution in [0.4, 0.5) is 5.69 Å². The van der Waals surface area contributed by atoms with E-state index in [0.29, 0.717) is 73.8 Å². The van der Waals surface area contributed by atoms with Crippen LogP contribution in [0.25, 0.3) is 0 Å². The Morgan fingerprint density at radius 2 is 1.94 bits per heavy atom. The zero-order valence-corrected chi connectivity index (χ0v) is 30.7. The van der Waals surface area contributed by atoms with E-state index in [9.17, 15) is 23.1 Å². The van der Waals surface area contributed by atoms with Crippen LogP contribution >= 0.6 is 11.6 Å². The number of carbonyl (C=O) groups excluding carboxylic acids is 2. The molecule has 3 aliphatic carbocycles. The van der Waals surface area contributed by atoms with Crippen molar-refractivity contribution < 1.29 is 32.6 Å². The molecule has 5 aliphatic rings. The second kappa shape index (κ2) is 13.1. The van der Waals surface area contributed by atoms with Crippen LogP contribution in [0.1, 0.15) is 75.0 Å². The minimum absolute atomic E-state index is 0.0627. The number of ether oxygens (including phenoxy) is 2. The van der Waals surface area contributed by atoms with Gasteiger partial charge in [-0.3, -0.25) is 9.59 Å². The Labute approximate surface area is 300 Å². The lowest BCUT2D eigenvalue weighted by Gasteiger charge is -2.46. The summed E-state index contributed by atoms with van der Waals surface area (Å²) in [5, 5.41) is 13.0. The van der Waals surface area contributed by atoms with Gasteiger partial charge in [-0.25, -0.2) is 13.1 Å². The highest BCUT2D eigenvalue weighted by molar-refractivity contribution is 7.91. The van der Waals surface area contributed by atoms with Crippen molar-refractivity contribution in [2.75, 3.05) is 45.3 Å². The number of fused-ring (bicyclic) bond motifs is 4. The van der Waals surface area contributed by atoms with Crippen LogP contribution in [-0.2, 0) is 41.8 Å². The van der Waals surface area contributed by atoms with E-state index in [-0.39, 0.29) is 17.1 Å². The largest absolute Gasteiger partial charge is 0.490 e. The second-order valence-corrected chi connectivity index (χ2v) is 18.1. The summed E-state index contributed by atoms with van der Waals surface area (Å²) in [6.07, 6.45) is 9.72. The molecule has 2 fully saturated rings. The van der Waals surface area contributed by atoms with Gasteiger partial charge in [0.15, 0.2) is 5.60 Å². The molecule has 0 saturated heterocycles. The minimum Gasteiger partial charge on any atom is -0.490 e. The van der Waals surface area contributed by atoms with Gasteiger partial charge in [0.1, 0.15) is 5.75 Å². The fourth-order valence-electron chi connectivity index (χ4n) is 8.37. The zero-order chi connectivity index (χ0) is 35.5. The molecular formula is C38H48ClN3O7S. The number of aliphatic hydroxyl groups is 1. The number of benzene rings is 2. The predicted octanol–water partition coefficient (Wildman–Crippen LogP) is 4.85. The fourth-order valence-corrected chi connectivity index (χ4v) is 9.86. The van der Waals surface area contributed by atoms with E-state index >= 15 is 0 Å². The van der Waals surface area contributed by atoms with E-state index in [1.165, 1.54) is 16.0 Å². The van der Waals surface area contributed by atoms with E-state index in [0.717, 1.165) is 32.1 Å². The predicted molar refractivity (Wildman–Crippen MR) is 192 cm³/mol. The Balaban J connectivity index is 1.34. The molecule has 2 saturated carbocycles. The molecule has 12 heteroatoms. The zero-order valence-electron chi connectivity index (χ0n) is 29.1. The lowest BCUT2D eigenvalue weighted by atomic mass is 9.68. The smallest absolute Gasteiger partial charge is 0.270 e. The molecule has 2 N–H and O–H groups in total. The quantitative estimate of drug-likeness (QED) is 0.429. The number of carbonyl (C=O) groups is 2. The monoisotopic (exact) mass is 725 g/mol. The number of aryl methyl sites for hydroxylation is 1. The molecule has 1 spiro atoms. The van der Waals surface area contributed by atoms with Crippen LogP contribution in [0.15, 0.2) is 48.6 Å². The molecular weight excluding hydrogens is 678 g/mol. The summed E-state index contributed by atoms with van der Waals surface area (Å²) < 4.78 is 40.2. The third-order valence-corrected chi connectivity index (χ3v) is 14.5. The number of nitrogens with one attached hydrogen (secondary N) is 1. The van der Waals surface area contributed by atoms with Crippen molar-refractivity contribution in [3.63, 3.8) is 0 Å². The van der Waals surface area contributed by atoms with Gasteiger partial charge in [0, 0.05) is 44.2 Å². The first-order valence-corrected chi connectivity index (χ1v) is 19.7. The Bertz CT molecular complexity index is 1810. The molecule has 2 aromatic rings. The van der Waals surface area contributed by atoms with Crippen molar-refractivity contribution in [1.82, 2.24) is 9.62 Å². The van der Waals surface area contributed by atoms with Gasteiger partial charge in [0.2, 0.25) is 15.9 Å². The number of rotatable bonds is 4. The van der Waals surface area contributed by atoms with Gasteiger partial charge in [-0.1, -0.05) is 35.9 Å². The number of methoxy groups -OCH3 is 1. The van der Waals surface area contributed by atoms with Gasteiger partial charge < -0.3 is 24.4 Å². The number of amides is 2. The molecule has 7 rings (SSSR count). The number of hydrogen-bond acceptors (Lipinski definition) is 8. The van der Waals surface area contributed by atoms with Crippen LogP contribution in [-0.4, -0.2) is 81.5 Å². The summed E-state index contributed by atoms with van der Waals surface area (Å²) in [5.74, 6) is -0.403. The van der Waals surface area contributed by atoms with Gasteiger partial charge in [-0.05, 0) is 111 Å². The van der Waals surface area contributed by atoms with E-state index in [1.807, 2.05) is 12.1 Å². The van der Waals surface area contributed by atoms with Crippen molar-refractivity contribution in [1.29, 1.82) is 0 Å². The molecule has 270 valence electrons. The lowest BCUT2D eigenvalue weighted by Crippen LogP contribution is -2.51. The van der Waals surface area contributed by atoms with E-state index in [2.05, 4.69) is 27.8 Å². The molecule has 2 heterocycles. The number of nitrogens with zero attached hydrogens (tertiary/aromatic N) is 2. The SMILES string of the molecule is CO[C@H]1/C=C/CCN(C)C(=O)C[C@](O)(C(=O)NS(=O)(=O)C2(C)CC2)c2ccc3c(c2)N(C[C@@H]2CC[C@H]21)C[C@@]1(CCCc2cc(Cl)ccc21)CO3. The third kappa shape index (κ3) is 6.33. The Hall–Kier alpha value is -3.12. The number of sulfonamides is 1. The molecule has 0 aromatic heterocycles. The Morgan fingerprint density at radius 3 is 2.66 bits per heavy atom. The van der Waals surface area contributed by atoms with Gasteiger partial charge in [0.25, 0.3) is 5.91 Å². The normalized spacial score (nSPS) is 31.4. The average Bonchev–Trinajstić information content (AvgIpc) is 3.86. The molecule has 2 amide bonds. The van der Waals surface area contributed by atoms with Gasteiger partial charge in [-0.2, -0.15) is 0 Å². The van der Waals surface area contributed by atoms with E-state index < -0.39 is 38.6 Å². The van der Waals surface area contributed by atoms with Crippen molar-refractivity contribution in [2.45, 2.75) is 86.6 Å². The Kier molecular flexibility index (Phi) is 9.27. The standard InChI is InChI=1S/C38H48ClN3O7S/c1-36(16-17-36)50(46,47)40-35(44)38(45)21-34(43)41(2)18-5-4-8-32(48-3)29-12-9-26(29)22-42-23-37(24-49-33-14-10-27(38)20-31(33)42)15-6-7-25-19-28(39)11-13-30(25)37/h4,8,10-11,13-14,19-20,26,29,32,45H,5-7,9,12,15-18,21-24H2,1-3H3,(H,40,44)/b8-4+/t26-,29+,32-,37-,38+/m0/s1. The summed E-state index contributed by atoms with van der Waals surface area (Å²) in [7, 11) is -0.733. The van der Waals surface area contributed by atoms with Gasteiger partial charge in [0.05, 0.1) is 29.6 Å². The summed E-state index contributed by atoms with van der Waals surface area (Å²) in [6, 6.07) is 11.2. The molecule has 0 radical (unpaired) electrons. The Morgan fingerprint density at radius 1 is 1.14 bits per heavy atom. The summed E-state index contributed by atoms with van der Waals surface area (Å²) >= 11 is 6.45. The van der Waals surface area contributed by atoms with Crippen LogP contribution in [0.3, 0.4) is 0 Å². The minimum atomic E-state index is -4.10. The molecule has 2 aliphatic heterocycles. The van der Waals surface area contributed by atoms with Crippen molar-refractivity contribution in [3.8, 4) is 5.75 Å². The first kappa shape index (κ1) is 35.3. The van der Waals surface area contributed by atoms with Crippen LogP contribution in [0, 0.1) is 11.8 Å². The third-order valence-electron chi connectivity index (χ3n) is 12.1. The fraction of sp³-hybridized carbons (Fsp3) is 0.579. The molecule has 5 atom stereocenters. The molecule has 0 unspecified atom stereocenters. The van der Waals surface area contributed by atoms with Crippen molar-refractivity contribution in [2.24, 2.45) is 11.8 Å². The van der Waals surface area contributed by atoms with Gasteiger partial charge in [-0.15, -0.1) is 0 Å². The highest BCUT2D eigenvalue weighted by atomic mass is 35.5. The maximum Gasteiger partial charge on any atom is 0.270 e. The lowest BCUT2D eigenvalue weighted by molar-refractivity contribution is -0.148. The van der Waals surface area contributed by atoms with E-state index in [4.69, 9.17) is 21.1 Å². The molecule has 50 heavy (non-hydrogen) atoms. The van der Waals surface area contributed by atoms with Crippen molar-refractivity contribution >= 4 is 39.1 Å². The second-order valence-electron chi connectivity index (χ2n) is 15.4. The van der Waals surface area contributed by atoms with E-state index in [1.54, 1.807) is 39.3 Å². The number of hydrogen-bond donors (Lipinski definition) is 2. The van der Waals surface area contributed by atoms with Crippen molar-refractivity contribution in [3.05, 3.63) is 70.3 Å². The topological polar surface area (TPSA) is 125 Å². The molecule has 2 bridgehead atoms. The average molecular weight is 726 g/mol. The molecule has 10 nitrogen and oxygen atoms in total. The number of anilines is 1. The van der Waals surface area contributed by atoms with Crippen LogP contribution in [0.2, 0.25) is 5.02 Å². The first-order valence-electron chi connectivity index (χ1n) is 17.8. The number of halogens is 1. The highest BCUT2D eigenvalue weighted by Gasteiger charge is 2.53. The van der Waals surface area contributed by atoms with Gasteiger partial charge >= 0.3 is 0 Å². The first-order chi connectivity index (χ1) is 23.8. The van der Waals surface area contributed by atoms with Crippen LogP contribution in [0.5, 0.6) is 5.75 Å². The summed E-state index contributed by atoms with van der Waals surface area (Å²) in [4.78, 5) is 31.5. The maximum atomic E-state index is 14.0. The summed E-state index contributed by atoms with van der Waals surface area (Å²) in [5.41, 5.74) is 0.484. The van der Waals surface area contributed by atoms with Crippen LogP contribution < -0.4 is 14.4 Å². The highest BCUT2D eigenvalue weighted by Crippen LogP contribution is 2.48. The summed E-state index contributed by atoms with van der Waals surface area (Å²) in [6.45, 7) is 3.70.